The van der Waals surface area contributed by atoms with E-state index < -0.39 is 0 Å². The van der Waals surface area contributed by atoms with Crippen molar-refractivity contribution in [2.45, 2.75) is 38.5 Å². The molecule has 0 saturated heterocycles. The van der Waals surface area contributed by atoms with Gasteiger partial charge in [-0.05, 0) is 153 Å². The highest BCUT2D eigenvalue weighted by Gasteiger charge is 2.40. The lowest BCUT2D eigenvalue weighted by atomic mass is 9.79. The molecule has 0 amide bonds. The Kier molecular flexibility index (Phi) is 7.87. The highest BCUT2D eigenvalue weighted by Crippen LogP contribution is 2.56. The van der Waals surface area contributed by atoms with Crippen LogP contribution >= 0.6 is 0 Å². The van der Waals surface area contributed by atoms with Gasteiger partial charge in [-0.1, -0.05) is 198 Å². The molecule has 0 N–H and O–H groups in total. The molecule has 1 nitrogen and oxygen atoms in total. The van der Waals surface area contributed by atoms with Crippen LogP contribution in [0.4, 0.5) is 0 Å². The second-order valence-corrected chi connectivity index (χ2v) is 20.0. The maximum atomic E-state index is 2.50. The summed E-state index contributed by atoms with van der Waals surface area (Å²) in [6.45, 7) is 9.70. The second-order valence-electron chi connectivity index (χ2n) is 20.0. The van der Waals surface area contributed by atoms with E-state index in [-0.39, 0.29) is 10.8 Å². The fraction of sp³-hybridized carbons (Fsp3) is 0.0909. The summed E-state index contributed by atoms with van der Waals surface area (Å²) < 4.78 is 2.50. The van der Waals surface area contributed by atoms with Crippen LogP contribution in [0.2, 0.25) is 0 Å². The molecule has 0 spiro atoms. The summed E-state index contributed by atoms with van der Waals surface area (Å²) in [4.78, 5) is 0. The number of benzene rings is 11. The first-order chi connectivity index (χ1) is 32.8. The zero-order valence-electron chi connectivity index (χ0n) is 38.2. The van der Waals surface area contributed by atoms with Gasteiger partial charge >= 0.3 is 0 Å². The Morgan fingerprint density at radius 2 is 0.761 bits per heavy atom. The molecule has 0 unspecified atom stereocenters. The Hall–Kier alpha value is -8.00. The zero-order valence-corrected chi connectivity index (χ0v) is 38.2. The van der Waals surface area contributed by atoms with E-state index >= 15 is 0 Å². The van der Waals surface area contributed by atoms with E-state index in [1.807, 2.05) is 0 Å². The summed E-state index contributed by atoms with van der Waals surface area (Å²) in [5.74, 6) is 0. The quantitative estimate of drug-likeness (QED) is 0.155. The van der Waals surface area contributed by atoms with Crippen molar-refractivity contribution >= 4 is 54.1 Å². The Balaban J connectivity index is 0.873. The molecule has 12 aromatic rings. The van der Waals surface area contributed by atoms with Crippen LogP contribution in [-0.2, 0) is 10.8 Å². The lowest BCUT2D eigenvalue weighted by molar-refractivity contribution is 0.660. The highest BCUT2D eigenvalue weighted by molar-refractivity contribution is 6.22. The average Bonchev–Trinajstić information content (AvgIpc) is 3.91. The molecule has 0 aliphatic heterocycles. The number of aromatic nitrogens is 1. The van der Waals surface area contributed by atoms with Gasteiger partial charge < -0.3 is 4.57 Å². The monoisotopic (exact) mass is 853 g/mol. The molecule has 0 saturated carbocycles. The standard InChI is InChI=1S/C66H47N/c1-65(2)57-37-42(43-29-32-49-55-34-35-56-50-20-14-15-25-60(50)67(46-18-6-5-7-19-46)64(56)63(55)66(3,4)59(49)38-43)28-31-47(57)48-33-30-45(39-58(48)65)62-53-23-12-10-21-51(53)61(52-22-11-13-24-54(52)62)44-27-26-40-16-8-9-17-41(40)36-44/h5-39H,1-4H3. The van der Waals surface area contributed by atoms with E-state index in [1.54, 1.807) is 0 Å². The van der Waals surface area contributed by atoms with Crippen molar-refractivity contribution < 1.29 is 0 Å². The van der Waals surface area contributed by atoms with Crippen LogP contribution in [0.1, 0.15) is 49.9 Å². The van der Waals surface area contributed by atoms with E-state index in [4.69, 9.17) is 0 Å². The molecule has 0 radical (unpaired) electrons. The van der Waals surface area contributed by atoms with Crippen molar-refractivity contribution in [3.05, 3.63) is 235 Å². The number of fused-ring (bicyclic) bond motifs is 13. The first-order valence-corrected chi connectivity index (χ1v) is 23.8. The van der Waals surface area contributed by atoms with Crippen LogP contribution in [0.25, 0.3) is 115 Å². The number of nitrogens with zero attached hydrogens (tertiary/aromatic N) is 1. The Morgan fingerprint density at radius 1 is 0.313 bits per heavy atom. The predicted octanol–water partition coefficient (Wildman–Crippen LogP) is 17.9. The van der Waals surface area contributed by atoms with E-state index in [0.29, 0.717) is 0 Å². The topological polar surface area (TPSA) is 4.93 Å². The van der Waals surface area contributed by atoms with Gasteiger partial charge in [-0.25, -0.2) is 0 Å². The van der Waals surface area contributed by atoms with Crippen molar-refractivity contribution in [3.8, 4) is 61.3 Å². The molecule has 0 fully saturated rings. The van der Waals surface area contributed by atoms with Crippen molar-refractivity contribution in [2.24, 2.45) is 0 Å². The summed E-state index contributed by atoms with van der Waals surface area (Å²) in [6.07, 6.45) is 0. The van der Waals surface area contributed by atoms with E-state index in [2.05, 4.69) is 245 Å². The van der Waals surface area contributed by atoms with Crippen molar-refractivity contribution in [3.63, 3.8) is 0 Å². The van der Waals surface area contributed by atoms with Crippen LogP contribution in [0.5, 0.6) is 0 Å². The Bertz CT molecular complexity index is 4030. The molecule has 1 aromatic heterocycles. The summed E-state index contributed by atoms with van der Waals surface area (Å²) in [7, 11) is 0. The van der Waals surface area contributed by atoms with Crippen molar-refractivity contribution in [1.29, 1.82) is 0 Å². The largest absolute Gasteiger partial charge is 0.309 e. The van der Waals surface area contributed by atoms with E-state index in [0.717, 1.165) is 0 Å². The van der Waals surface area contributed by atoms with Crippen LogP contribution in [0.3, 0.4) is 0 Å². The molecule has 67 heavy (non-hydrogen) atoms. The maximum Gasteiger partial charge on any atom is 0.0588 e. The molecule has 0 atom stereocenters. The van der Waals surface area contributed by atoms with Gasteiger partial charge in [0.05, 0.1) is 11.0 Å². The summed E-state index contributed by atoms with van der Waals surface area (Å²) in [6, 6.07) is 79.9. The van der Waals surface area contributed by atoms with Crippen LogP contribution in [0, 0.1) is 0 Å². The third-order valence-corrected chi connectivity index (χ3v) is 15.7. The molecule has 2 aliphatic rings. The number of hydrogen-bond donors (Lipinski definition) is 0. The molecule has 1 heterocycles. The number of rotatable bonds is 4. The van der Waals surface area contributed by atoms with Crippen LogP contribution in [-0.4, -0.2) is 4.57 Å². The SMILES string of the molecule is CC1(C)c2cc(-c3ccc4c(c3)C(C)(C)c3c-4ccc4c5ccccc5n(-c5ccccc5)c34)ccc2-c2ccc(-c3c4ccccc4c(-c4ccc5ccccc5c4)c4ccccc34)cc21. The minimum Gasteiger partial charge on any atom is -0.309 e. The van der Waals surface area contributed by atoms with Gasteiger partial charge in [-0.2, -0.15) is 0 Å². The third-order valence-electron chi connectivity index (χ3n) is 15.7. The fourth-order valence-corrected chi connectivity index (χ4v) is 12.5. The zero-order chi connectivity index (χ0) is 44.8. The fourth-order valence-electron chi connectivity index (χ4n) is 12.5. The smallest absolute Gasteiger partial charge is 0.0588 e. The molecule has 1 heteroatoms. The van der Waals surface area contributed by atoms with E-state index in [9.17, 15) is 0 Å². The lowest BCUT2D eigenvalue weighted by Gasteiger charge is -2.25. The van der Waals surface area contributed by atoms with Crippen LogP contribution in [0.15, 0.2) is 212 Å². The lowest BCUT2D eigenvalue weighted by Crippen LogP contribution is -2.17. The number of para-hydroxylation sites is 2. The maximum absolute atomic E-state index is 2.50. The average molecular weight is 854 g/mol. The van der Waals surface area contributed by atoms with Gasteiger partial charge in [-0.15, -0.1) is 0 Å². The van der Waals surface area contributed by atoms with Gasteiger partial charge in [0.1, 0.15) is 0 Å². The van der Waals surface area contributed by atoms with Crippen molar-refractivity contribution in [1.82, 2.24) is 4.57 Å². The first-order valence-electron chi connectivity index (χ1n) is 23.8. The molecule has 11 aromatic carbocycles. The minimum absolute atomic E-state index is 0.198. The second kappa shape index (κ2) is 13.8. The first kappa shape index (κ1) is 38.3. The predicted molar refractivity (Wildman–Crippen MR) is 285 cm³/mol. The Morgan fingerprint density at radius 3 is 1.39 bits per heavy atom. The van der Waals surface area contributed by atoms with Gasteiger partial charge in [0.15, 0.2) is 0 Å². The normalized spacial score (nSPS) is 14.2. The third kappa shape index (κ3) is 5.31. The van der Waals surface area contributed by atoms with Gasteiger partial charge in [0.2, 0.25) is 0 Å². The molecular formula is C66H47N. The van der Waals surface area contributed by atoms with Gasteiger partial charge in [0, 0.05) is 27.3 Å². The van der Waals surface area contributed by atoms with Crippen molar-refractivity contribution in [2.75, 3.05) is 0 Å². The summed E-state index contributed by atoms with van der Waals surface area (Å²) in [5, 5.41) is 10.2. The molecular weight excluding hydrogens is 807 g/mol. The van der Waals surface area contributed by atoms with E-state index in [1.165, 1.54) is 138 Å². The molecule has 316 valence electrons. The summed E-state index contributed by atoms with van der Waals surface area (Å²) >= 11 is 0. The molecule has 2 aliphatic carbocycles. The van der Waals surface area contributed by atoms with Gasteiger partial charge in [-0.3, -0.25) is 0 Å². The number of hydrogen-bond acceptors (Lipinski definition) is 0. The highest BCUT2D eigenvalue weighted by atomic mass is 15.0. The molecule has 0 bridgehead atoms. The minimum atomic E-state index is -0.217. The van der Waals surface area contributed by atoms with Crippen LogP contribution < -0.4 is 0 Å². The Labute approximate surface area is 391 Å². The molecule has 14 rings (SSSR count). The van der Waals surface area contributed by atoms with Gasteiger partial charge in [0.25, 0.3) is 0 Å². The summed E-state index contributed by atoms with van der Waals surface area (Å²) in [5.41, 5.74) is 21.9.